The summed E-state index contributed by atoms with van der Waals surface area (Å²) in [5.74, 6) is 0. The van der Waals surface area contributed by atoms with E-state index in [1.165, 1.54) is 12.0 Å². The molecule has 0 amide bonds. The summed E-state index contributed by atoms with van der Waals surface area (Å²) in [6, 6.07) is 8.40. The second kappa shape index (κ2) is 5.17. The second-order valence-corrected chi connectivity index (χ2v) is 4.81. The molecule has 1 atom stereocenters. The van der Waals surface area contributed by atoms with Crippen LogP contribution in [0.3, 0.4) is 0 Å². The zero-order valence-electron chi connectivity index (χ0n) is 10.6. The topological polar surface area (TPSA) is 44.5 Å². The average Bonchev–Trinajstić information content (AvgIpc) is 2.33. The highest BCUT2D eigenvalue weighted by Gasteiger charge is 2.34. The maximum Gasteiger partial charge on any atom is 0.105 e. The predicted molar refractivity (Wildman–Crippen MR) is 67.8 cm³/mol. The third-order valence-electron chi connectivity index (χ3n) is 3.68. The summed E-state index contributed by atoms with van der Waals surface area (Å²) >= 11 is 0. The van der Waals surface area contributed by atoms with Crippen LogP contribution in [0, 0.1) is 0 Å². The van der Waals surface area contributed by atoms with E-state index in [-0.39, 0.29) is 11.6 Å². The van der Waals surface area contributed by atoms with Gasteiger partial charge in [0.15, 0.2) is 0 Å². The summed E-state index contributed by atoms with van der Waals surface area (Å²) in [7, 11) is 3.39. The first-order chi connectivity index (χ1) is 8.19. The molecule has 1 fully saturated rings. The van der Waals surface area contributed by atoms with E-state index in [9.17, 15) is 0 Å². The SMILES string of the molecule is COCC(OC)c1cccc(C2(N)CCC2)c1. The molecule has 2 N–H and O–H groups in total. The van der Waals surface area contributed by atoms with E-state index in [4.69, 9.17) is 15.2 Å². The lowest BCUT2D eigenvalue weighted by molar-refractivity contribution is 0.0273. The van der Waals surface area contributed by atoms with E-state index in [1.807, 2.05) is 0 Å². The molecule has 1 aromatic carbocycles. The van der Waals surface area contributed by atoms with Crippen molar-refractivity contribution in [3.63, 3.8) is 0 Å². The van der Waals surface area contributed by atoms with Gasteiger partial charge in [-0.15, -0.1) is 0 Å². The Kier molecular flexibility index (Phi) is 3.82. The lowest BCUT2D eigenvalue weighted by atomic mass is 9.72. The zero-order valence-corrected chi connectivity index (χ0v) is 10.6. The number of rotatable bonds is 5. The molecule has 17 heavy (non-hydrogen) atoms. The lowest BCUT2D eigenvalue weighted by Gasteiger charge is -2.39. The maximum absolute atomic E-state index is 6.34. The fourth-order valence-corrected chi connectivity index (χ4v) is 2.35. The molecular weight excluding hydrogens is 214 g/mol. The van der Waals surface area contributed by atoms with Crippen LogP contribution in [0.1, 0.15) is 36.5 Å². The van der Waals surface area contributed by atoms with Crippen molar-refractivity contribution in [3.8, 4) is 0 Å². The summed E-state index contributed by atoms with van der Waals surface area (Å²) in [4.78, 5) is 0. The highest BCUT2D eigenvalue weighted by atomic mass is 16.5. The standard InChI is InChI=1S/C14H21NO2/c1-16-10-13(17-2)11-5-3-6-12(9-11)14(15)7-4-8-14/h3,5-6,9,13H,4,7-8,10,15H2,1-2H3. The van der Waals surface area contributed by atoms with E-state index in [2.05, 4.69) is 24.3 Å². The van der Waals surface area contributed by atoms with Crippen molar-refractivity contribution in [2.45, 2.75) is 30.9 Å². The van der Waals surface area contributed by atoms with E-state index in [0.717, 1.165) is 18.4 Å². The highest BCUT2D eigenvalue weighted by molar-refractivity contribution is 5.32. The largest absolute Gasteiger partial charge is 0.382 e. The first-order valence-corrected chi connectivity index (χ1v) is 6.10. The molecular formula is C14H21NO2. The summed E-state index contributed by atoms with van der Waals surface area (Å²) < 4.78 is 10.6. The van der Waals surface area contributed by atoms with Crippen LogP contribution in [-0.2, 0) is 15.0 Å². The Labute approximate surface area is 103 Å². The van der Waals surface area contributed by atoms with Crippen LogP contribution in [0.15, 0.2) is 24.3 Å². The van der Waals surface area contributed by atoms with Gasteiger partial charge < -0.3 is 15.2 Å². The number of ether oxygens (including phenoxy) is 2. The first kappa shape index (κ1) is 12.6. The molecule has 94 valence electrons. The highest BCUT2D eigenvalue weighted by Crippen LogP contribution is 2.39. The monoisotopic (exact) mass is 235 g/mol. The molecule has 2 rings (SSSR count). The third-order valence-corrected chi connectivity index (χ3v) is 3.68. The molecule has 1 aliphatic carbocycles. The molecule has 0 aromatic heterocycles. The molecule has 1 saturated carbocycles. The van der Waals surface area contributed by atoms with Crippen molar-refractivity contribution in [1.82, 2.24) is 0 Å². The van der Waals surface area contributed by atoms with Crippen LogP contribution in [0.4, 0.5) is 0 Å². The Bertz CT molecular complexity index is 374. The molecule has 3 nitrogen and oxygen atoms in total. The maximum atomic E-state index is 6.34. The normalized spacial score (nSPS) is 19.7. The van der Waals surface area contributed by atoms with Gasteiger partial charge in [0, 0.05) is 19.8 Å². The Morgan fingerprint density at radius 3 is 2.65 bits per heavy atom. The van der Waals surface area contributed by atoms with Gasteiger partial charge in [-0.25, -0.2) is 0 Å². The predicted octanol–water partition coefficient (Wildman–Crippen LogP) is 2.36. The van der Waals surface area contributed by atoms with Crippen molar-refractivity contribution >= 4 is 0 Å². The minimum absolute atomic E-state index is 0.0105. The number of hydrogen-bond donors (Lipinski definition) is 1. The summed E-state index contributed by atoms with van der Waals surface area (Å²) in [6.07, 6.45) is 3.38. The van der Waals surface area contributed by atoms with Gasteiger partial charge >= 0.3 is 0 Å². The lowest BCUT2D eigenvalue weighted by Crippen LogP contribution is -2.43. The van der Waals surface area contributed by atoms with Crippen LogP contribution in [-0.4, -0.2) is 20.8 Å². The second-order valence-electron chi connectivity index (χ2n) is 4.81. The smallest absolute Gasteiger partial charge is 0.105 e. The van der Waals surface area contributed by atoms with E-state index < -0.39 is 0 Å². The molecule has 0 radical (unpaired) electrons. The number of hydrogen-bond acceptors (Lipinski definition) is 3. The summed E-state index contributed by atoms with van der Waals surface area (Å²) in [5, 5.41) is 0. The minimum Gasteiger partial charge on any atom is -0.382 e. The first-order valence-electron chi connectivity index (χ1n) is 6.10. The Morgan fingerprint density at radius 1 is 1.35 bits per heavy atom. The molecule has 1 aromatic rings. The van der Waals surface area contributed by atoms with Gasteiger partial charge in [0.25, 0.3) is 0 Å². The zero-order chi connectivity index (χ0) is 12.3. The minimum atomic E-state index is -0.110. The number of nitrogens with two attached hydrogens (primary N) is 1. The van der Waals surface area contributed by atoms with Crippen molar-refractivity contribution in [3.05, 3.63) is 35.4 Å². The van der Waals surface area contributed by atoms with Crippen molar-refractivity contribution in [1.29, 1.82) is 0 Å². The summed E-state index contributed by atoms with van der Waals surface area (Å²) in [6.45, 7) is 0.567. The molecule has 3 heteroatoms. The van der Waals surface area contributed by atoms with Crippen LogP contribution in [0.25, 0.3) is 0 Å². The van der Waals surface area contributed by atoms with Gasteiger partial charge in [0.2, 0.25) is 0 Å². The van der Waals surface area contributed by atoms with Gasteiger partial charge in [-0.05, 0) is 30.4 Å². The summed E-state index contributed by atoms with van der Waals surface area (Å²) in [5.41, 5.74) is 8.59. The van der Waals surface area contributed by atoms with Crippen molar-refractivity contribution in [2.75, 3.05) is 20.8 Å². The molecule has 0 aliphatic heterocycles. The fourth-order valence-electron chi connectivity index (χ4n) is 2.35. The van der Waals surface area contributed by atoms with Crippen molar-refractivity contribution in [2.24, 2.45) is 5.73 Å². The molecule has 0 saturated heterocycles. The van der Waals surface area contributed by atoms with Gasteiger partial charge in [0.05, 0.1) is 6.61 Å². The van der Waals surface area contributed by atoms with Gasteiger partial charge in [0.1, 0.15) is 6.10 Å². The third kappa shape index (κ3) is 2.51. The van der Waals surface area contributed by atoms with Gasteiger partial charge in [-0.3, -0.25) is 0 Å². The van der Waals surface area contributed by atoms with Gasteiger partial charge in [-0.1, -0.05) is 24.3 Å². The Morgan fingerprint density at radius 2 is 2.12 bits per heavy atom. The molecule has 0 heterocycles. The van der Waals surface area contributed by atoms with Crippen molar-refractivity contribution < 1.29 is 9.47 Å². The molecule has 0 spiro atoms. The van der Waals surface area contributed by atoms with E-state index in [1.54, 1.807) is 14.2 Å². The van der Waals surface area contributed by atoms with Gasteiger partial charge in [-0.2, -0.15) is 0 Å². The Balaban J connectivity index is 2.21. The van der Waals surface area contributed by atoms with Crippen LogP contribution in [0.2, 0.25) is 0 Å². The molecule has 1 aliphatic rings. The average molecular weight is 235 g/mol. The number of methoxy groups -OCH3 is 2. The quantitative estimate of drug-likeness (QED) is 0.852. The Hall–Kier alpha value is -0.900. The molecule has 1 unspecified atom stereocenters. The fraction of sp³-hybridized carbons (Fsp3) is 0.571. The van der Waals surface area contributed by atoms with Crippen LogP contribution >= 0.6 is 0 Å². The van der Waals surface area contributed by atoms with Crippen LogP contribution in [0.5, 0.6) is 0 Å². The van der Waals surface area contributed by atoms with Crippen LogP contribution < -0.4 is 5.73 Å². The molecule has 0 bridgehead atoms. The van der Waals surface area contributed by atoms with E-state index >= 15 is 0 Å². The number of benzene rings is 1. The van der Waals surface area contributed by atoms with E-state index in [0.29, 0.717) is 6.61 Å².